The number of aliphatic hydroxyl groups excluding tert-OH is 1. The zero-order chi connectivity index (χ0) is 12.4. The molecule has 1 aromatic heterocycles. The topological polar surface area (TPSA) is 71.6 Å². The van der Waals surface area contributed by atoms with Crippen molar-refractivity contribution in [3.8, 4) is 5.75 Å². The van der Waals surface area contributed by atoms with Crippen LogP contribution in [-0.2, 0) is 0 Å². The minimum atomic E-state index is -0.290. The fourth-order valence-electron chi connectivity index (χ4n) is 2.00. The molecular formula is C11H19N3O2S. The number of ether oxygens (including phenoxy) is 1. The number of rotatable bonds is 3. The third-order valence-corrected chi connectivity index (χ3v) is 4.06. The SMILES string of the molecule is CCOc1c(N)nsc1N1CCC(C)C(O)C1. The highest BCUT2D eigenvalue weighted by Gasteiger charge is 2.28. The highest BCUT2D eigenvalue weighted by atomic mass is 32.1. The molecule has 1 aromatic rings. The Bertz CT molecular complexity index is 383. The van der Waals surface area contributed by atoms with Crippen molar-refractivity contribution in [3.63, 3.8) is 0 Å². The predicted molar refractivity (Wildman–Crippen MR) is 69.7 cm³/mol. The van der Waals surface area contributed by atoms with Gasteiger partial charge in [0, 0.05) is 13.1 Å². The highest BCUT2D eigenvalue weighted by Crippen LogP contribution is 2.39. The summed E-state index contributed by atoms with van der Waals surface area (Å²) in [5.41, 5.74) is 5.78. The molecule has 1 saturated heterocycles. The molecule has 2 rings (SSSR count). The van der Waals surface area contributed by atoms with Gasteiger partial charge >= 0.3 is 0 Å². The van der Waals surface area contributed by atoms with E-state index in [1.807, 2.05) is 6.92 Å². The summed E-state index contributed by atoms with van der Waals surface area (Å²) in [6.45, 7) is 6.12. The smallest absolute Gasteiger partial charge is 0.197 e. The van der Waals surface area contributed by atoms with Crippen molar-refractivity contribution < 1.29 is 9.84 Å². The van der Waals surface area contributed by atoms with Crippen LogP contribution in [0.4, 0.5) is 10.8 Å². The molecule has 17 heavy (non-hydrogen) atoms. The number of anilines is 2. The lowest BCUT2D eigenvalue weighted by Crippen LogP contribution is -2.42. The van der Waals surface area contributed by atoms with Crippen molar-refractivity contribution in [2.75, 3.05) is 30.3 Å². The average molecular weight is 257 g/mol. The fourth-order valence-corrected chi connectivity index (χ4v) is 2.80. The second kappa shape index (κ2) is 5.10. The van der Waals surface area contributed by atoms with Crippen molar-refractivity contribution >= 4 is 22.4 Å². The lowest BCUT2D eigenvalue weighted by atomic mass is 9.96. The van der Waals surface area contributed by atoms with Gasteiger partial charge in [0.05, 0.1) is 12.7 Å². The van der Waals surface area contributed by atoms with Crippen LogP contribution >= 0.6 is 11.5 Å². The van der Waals surface area contributed by atoms with Gasteiger partial charge in [-0.05, 0) is 30.8 Å². The van der Waals surface area contributed by atoms with Crippen molar-refractivity contribution in [2.24, 2.45) is 5.92 Å². The highest BCUT2D eigenvalue weighted by molar-refractivity contribution is 7.11. The second-order valence-corrected chi connectivity index (χ2v) is 5.17. The van der Waals surface area contributed by atoms with Crippen molar-refractivity contribution in [3.05, 3.63) is 0 Å². The molecule has 0 saturated carbocycles. The Morgan fingerprint density at radius 1 is 1.65 bits per heavy atom. The van der Waals surface area contributed by atoms with Crippen molar-refractivity contribution in [2.45, 2.75) is 26.4 Å². The van der Waals surface area contributed by atoms with Crippen LogP contribution in [0.3, 0.4) is 0 Å². The predicted octanol–water partition coefficient (Wildman–Crippen LogP) is 1.33. The molecule has 0 bridgehead atoms. The Morgan fingerprint density at radius 3 is 3.06 bits per heavy atom. The maximum Gasteiger partial charge on any atom is 0.197 e. The van der Waals surface area contributed by atoms with Crippen LogP contribution in [0.15, 0.2) is 0 Å². The molecule has 96 valence electrons. The van der Waals surface area contributed by atoms with E-state index in [0.29, 0.717) is 30.6 Å². The van der Waals surface area contributed by atoms with Crippen LogP contribution in [0.1, 0.15) is 20.3 Å². The zero-order valence-electron chi connectivity index (χ0n) is 10.2. The van der Waals surface area contributed by atoms with Gasteiger partial charge in [-0.2, -0.15) is 4.37 Å². The van der Waals surface area contributed by atoms with E-state index >= 15 is 0 Å². The van der Waals surface area contributed by atoms with E-state index in [-0.39, 0.29) is 6.10 Å². The molecule has 1 fully saturated rings. The first kappa shape index (κ1) is 12.4. The van der Waals surface area contributed by atoms with Crippen molar-refractivity contribution in [1.29, 1.82) is 0 Å². The Labute approximate surface area is 105 Å². The number of nitrogen functional groups attached to an aromatic ring is 1. The van der Waals surface area contributed by atoms with Gasteiger partial charge in [0.1, 0.15) is 0 Å². The first-order chi connectivity index (χ1) is 8.13. The summed E-state index contributed by atoms with van der Waals surface area (Å²) in [6.07, 6.45) is 0.686. The molecule has 6 heteroatoms. The first-order valence-corrected chi connectivity index (χ1v) is 6.71. The van der Waals surface area contributed by atoms with Crippen LogP contribution in [-0.4, -0.2) is 35.3 Å². The molecule has 0 amide bonds. The Kier molecular flexibility index (Phi) is 3.73. The monoisotopic (exact) mass is 257 g/mol. The molecule has 0 radical (unpaired) electrons. The van der Waals surface area contributed by atoms with E-state index in [0.717, 1.165) is 18.0 Å². The summed E-state index contributed by atoms with van der Waals surface area (Å²) in [5, 5.41) is 10.8. The third kappa shape index (κ3) is 2.47. The molecule has 0 spiro atoms. The minimum absolute atomic E-state index is 0.290. The van der Waals surface area contributed by atoms with Crippen LogP contribution in [0.25, 0.3) is 0 Å². The molecule has 2 unspecified atom stereocenters. The van der Waals surface area contributed by atoms with Crippen LogP contribution in [0, 0.1) is 5.92 Å². The normalized spacial score (nSPS) is 25.0. The number of nitrogens with two attached hydrogens (primary N) is 1. The van der Waals surface area contributed by atoms with Gasteiger partial charge in [-0.15, -0.1) is 0 Å². The van der Waals surface area contributed by atoms with Crippen LogP contribution < -0.4 is 15.4 Å². The summed E-state index contributed by atoms with van der Waals surface area (Å²) in [5.74, 6) is 1.46. The average Bonchev–Trinajstić information content (AvgIpc) is 2.66. The molecule has 0 aliphatic carbocycles. The number of piperidine rings is 1. The molecule has 1 aliphatic heterocycles. The zero-order valence-corrected chi connectivity index (χ0v) is 11.0. The molecule has 2 atom stereocenters. The number of aromatic nitrogens is 1. The molecule has 1 aliphatic rings. The fraction of sp³-hybridized carbons (Fsp3) is 0.727. The lowest BCUT2D eigenvalue weighted by molar-refractivity contribution is 0.103. The lowest BCUT2D eigenvalue weighted by Gasteiger charge is -2.34. The largest absolute Gasteiger partial charge is 0.487 e. The van der Waals surface area contributed by atoms with Gasteiger partial charge in [0.25, 0.3) is 0 Å². The second-order valence-electron chi connectivity index (χ2n) is 4.41. The van der Waals surface area contributed by atoms with Gasteiger partial charge in [-0.3, -0.25) is 0 Å². The Hall–Kier alpha value is -1.01. The van der Waals surface area contributed by atoms with E-state index in [1.54, 1.807) is 0 Å². The molecule has 2 heterocycles. The van der Waals surface area contributed by atoms with E-state index in [1.165, 1.54) is 11.5 Å². The van der Waals surface area contributed by atoms with Gasteiger partial charge in [-0.1, -0.05) is 6.92 Å². The number of nitrogens with zero attached hydrogens (tertiary/aromatic N) is 2. The number of hydrogen-bond acceptors (Lipinski definition) is 6. The van der Waals surface area contributed by atoms with Crippen molar-refractivity contribution in [1.82, 2.24) is 4.37 Å². The first-order valence-electron chi connectivity index (χ1n) is 5.94. The number of aliphatic hydroxyl groups is 1. The van der Waals surface area contributed by atoms with E-state index in [9.17, 15) is 5.11 Å². The van der Waals surface area contributed by atoms with E-state index in [2.05, 4.69) is 16.2 Å². The summed E-state index contributed by atoms with van der Waals surface area (Å²) < 4.78 is 9.65. The summed E-state index contributed by atoms with van der Waals surface area (Å²) >= 11 is 1.34. The maximum atomic E-state index is 9.91. The molecular weight excluding hydrogens is 238 g/mol. The van der Waals surface area contributed by atoms with E-state index in [4.69, 9.17) is 10.5 Å². The number of hydrogen-bond donors (Lipinski definition) is 2. The minimum Gasteiger partial charge on any atom is -0.487 e. The van der Waals surface area contributed by atoms with Gasteiger partial charge in [-0.25, -0.2) is 0 Å². The Morgan fingerprint density at radius 2 is 2.41 bits per heavy atom. The van der Waals surface area contributed by atoms with Gasteiger partial charge in [0.2, 0.25) is 0 Å². The molecule has 3 N–H and O–H groups in total. The molecule has 5 nitrogen and oxygen atoms in total. The van der Waals surface area contributed by atoms with Gasteiger partial charge < -0.3 is 20.5 Å². The maximum absolute atomic E-state index is 9.91. The number of β-amino-alcohol motifs (C(OH)–C–C–N with tert-alkyl or cyclic N) is 1. The quantitative estimate of drug-likeness (QED) is 0.854. The van der Waals surface area contributed by atoms with Crippen LogP contribution in [0.2, 0.25) is 0 Å². The molecule has 0 aromatic carbocycles. The van der Waals surface area contributed by atoms with E-state index < -0.39 is 0 Å². The summed E-state index contributed by atoms with van der Waals surface area (Å²) in [7, 11) is 0. The summed E-state index contributed by atoms with van der Waals surface area (Å²) in [6, 6.07) is 0. The van der Waals surface area contributed by atoms with Gasteiger partial charge in [0.15, 0.2) is 16.6 Å². The van der Waals surface area contributed by atoms with Crippen LogP contribution in [0.5, 0.6) is 5.75 Å². The Balaban J connectivity index is 2.17. The standard InChI is InChI=1S/C11H19N3O2S/c1-3-16-9-10(12)13-17-11(9)14-5-4-7(2)8(15)6-14/h7-8,15H,3-6H2,1-2H3,(H2,12,13). The summed E-state index contributed by atoms with van der Waals surface area (Å²) in [4.78, 5) is 2.11. The third-order valence-electron chi connectivity index (χ3n) is 3.15.